The van der Waals surface area contributed by atoms with E-state index in [1.807, 2.05) is 11.8 Å². The number of urea groups is 1. The highest BCUT2D eigenvalue weighted by Crippen LogP contribution is 2.25. The van der Waals surface area contributed by atoms with Crippen LogP contribution in [0.25, 0.3) is 0 Å². The summed E-state index contributed by atoms with van der Waals surface area (Å²) >= 11 is 1.91. The predicted octanol–water partition coefficient (Wildman–Crippen LogP) is 1.53. The van der Waals surface area contributed by atoms with Crippen LogP contribution in [-0.4, -0.2) is 52.1 Å². The number of carbonyl (C=O) groups excluding carboxylic acids is 1. The van der Waals surface area contributed by atoms with Crippen LogP contribution in [0.2, 0.25) is 0 Å². The normalized spacial score (nSPS) is 27.4. The van der Waals surface area contributed by atoms with E-state index in [1.54, 1.807) is 4.90 Å². The maximum Gasteiger partial charge on any atom is 0.317 e. The van der Waals surface area contributed by atoms with E-state index in [-0.39, 0.29) is 18.5 Å². The number of carbonyl (C=O) groups is 2. The van der Waals surface area contributed by atoms with Crippen molar-refractivity contribution < 1.29 is 14.7 Å². The zero-order chi connectivity index (χ0) is 13.0. The van der Waals surface area contributed by atoms with Gasteiger partial charge in [-0.3, -0.25) is 4.79 Å². The zero-order valence-electron chi connectivity index (χ0n) is 10.4. The highest BCUT2D eigenvalue weighted by atomic mass is 32.2. The van der Waals surface area contributed by atoms with E-state index in [0.717, 1.165) is 12.8 Å². The van der Waals surface area contributed by atoms with Crippen LogP contribution < -0.4 is 5.32 Å². The molecule has 18 heavy (non-hydrogen) atoms. The Morgan fingerprint density at radius 1 is 1.33 bits per heavy atom. The topological polar surface area (TPSA) is 69.6 Å². The average molecular weight is 272 g/mol. The third-order valence-electron chi connectivity index (χ3n) is 3.55. The van der Waals surface area contributed by atoms with Crippen molar-refractivity contribution in [1.29, 1.82) is 0 Å². The molecule has 0 radical (unpaired) electrons. The first-order valence-corrected chi connectivity index (χ1v) is 7.59. The Kier molecular flexibility index (Phi) is 4.74. The molecule has 2 aliphatic heterocycles. The molecule has 2 unspecified atom stereocenters. The molecule has 2 atom stereocenters. The molecule has 6 heteroatoms. The number of likely N-dealkylation sites (tertiary alicyclic amines) is 1. The lowest BCUT2D eigenvalue weighted by Gasteiger charge is -2.24. The van der Waals surface area contributed by atoms with Gasteiger partial charge in [0.2, 0.25) is 0 Å². The molecule has 2 amide bonds. The van der Waals surface area contributed by atoms with Crippen LogP contribution in [-0.2, 0) is 4.79 Å². The molecule has 2 fully saturated rings. The van der Waals surface area contributed by atoms with E-state index in [1.165, 1.54) is 18.6 Å². The van der Waals surface area contributed by atoms with Crippen LogP contribution >= 0.6 is 11.8 Å². The number of carboxylic acids is 1. The highest BCUT2D eigenvalue weighted by molar-refractivity contribution is 8.00. The minimum Gasteiger partial charge on any atom is -0.481 e. The quantitative estimate of drug-likeness (QED) is 0.814. The van der Waals surface area contributed by atoms with E-state index in [4.69, 9.17) is 5.11 Å². The van der Waals surface area contributed by atoms with Crippen molar-refractivity contribution in [2.24, 2.45) is 0 Å². The average Bonchev–Trinajstić information content (AvgIpc) is 2.95. The Balaban J connectivity index is 1.77. The molecule has 0 aromatic heterocycles. The Morgan fingerprint density at radius 3 is 2.83 bits per heavy atom. The van der Waals surface area contributed by atoms with Gasteiger partial charge in [-0.15, -0.1) is 0 Å². The summed E-state index contributed by atoms with van der Waals surface area (Å²) in [5.41, 5.74) is 0. The van der Waals surface area contributed by atoms with Gasteiger partial charge in [-0.25, -0.2) is 4.79 Å². The van der Waals surface area contributed by atoms with Crippen LogP contribution in [0.3, 0.4) is 0 Å². The maximum absolute atomic E-state index is 12.0. The molecule has 0 aliphatic carbocycles. The fourth-order valence-electron chi connectivity index (χ4n) is 2.62. The largest absolute Gasteiger partial charge is 0.481 e. The molecule has 5 nitrogen and oxygen atoms in total. The summed E-state index contributed by atoms with van der Waals surface area (Å²) in [7, 11) is 0. The van der Waals surface area contributed by atoms with Gasteiger partial charge < -0.3 is 15.3 Å². The summed E-state index contributed by atoms with van der Waals surface area (Å²) in [5, 5.41) is 12.3. The van der Waals surface area contributed by atoms with Crippen molar-refractivity contribution in [2.75, 3.05) is 18.8 Å². The minimum absolute atomic E-state index is 0.0611. The molecule has 0 aromatic rings. The third-order valence-corrected chi connectivity index (χ3v) is 4.95. The summed E-state index contributed by atoms with van der Waals surface area (Å²) in [6, 6.07) is -0.218. The van der Waals surface area contributed by atoms with Gasteiger partial charge in [0, 0.05) is 24.4 Å². The molecule has 2 N–H and O–H groups in total. The molecule has 2 rings (SSSR count). The first-order valence-electron chi connectivity index (χ1n) is 6.54. The Hall–Kier alpha value is -0.910. The van der Waals surface area contributed by atoms with Crippen LogP contribution in [0.5, 0.6) is 0 Å². The first-order chi connectivity index (χ1) is 8.66. The number of hydrogen-bond donors (Lipinski definition) is 2. The SMILES string of the molecule is O=C(O)CC1CCCN1C(=O)NCC1CCCS1. The highest BCUT2D eigenvalue weighted by Gasteiger charge is 2.30. The molecule has 102 valence electrons. The molecule has 0 aromatic carbocycles. The standard InChI is InChI=1S/C12H20N2O3S/c15-11(16)7-9-3-1-5-14(9)12(17)13-8-10-4-2-6-18-10/h9-10H,1-8H2,(H,13,17)(H,15,16). The fraction of sp³-hybridized carbons (Fsp3) is 0.833. The van der Waals surface area contributed by atoms with Crippen molar-refractivity contribution in [3.8, 4) is 0 Å². The molecule has 0 saturated carbocycles. The molecular formula is C12H20N2O3S. The predicted molar refractivity (Wildman–Crippen MR) is 70.9 cm³/mol. The van der Waals surface area contributed by atoms with E-state index < -0.39 is 5.97 Å². The number of aliphatic carboxylic acids is 1. The fourth-order valence-corrected chi connectivity index (χ4v) is 3.83. The smallest absolute Gasteiger partial charge is 0.317 e. The Morgan fingerprint density at radius 2 is 2.17 bits per heavy atom. The molecule has 0 spiro atoms. The zero-order valence-corrected chi connectivity index (χ0v) is 11.2. The van der Waals surface area contributed by atoms with Gasteiger partial charge in [-0.1, -0.05) is 0 Å². The number of nitrogens with zero attached hydrogens (tertiary/aromatic N) is 1. The van der Waals surface area contributed by atoms with Gasteiger partial charge in [0.25, 0.3) is 0 Å². The van der Waals surface area contributed by atoms with Crippen molar-refractivity contribution in [1.82, 2.24) is 10.2 Å². The maximum atomic E-state index is 12.0. The molecule has 2 aliphatic rings. The summed E-state index contributed by atoms with van der Waals surface area (Å²) < 4.78 is 0. The van der Waals surface area contributed by atoms with E-state index in [2.05, 4.69) is 5.32 Å². The summed E-state index contributed by atoms with van der Waals surface area (Å²) in [5.74, 6) is 0.359. The second-order valence-electron chi connectivity index (χ2n) is 4.91. The Labute approximate surface area is 111 Å². The van der Waals surface area contributed by atoms with Gasteiger partial charge >= 0.3 is 12.0 Å². The van der Waals surface area contributed by atoms with Crippen LogP contribution in [0, 0.1) is 0 Å². The lowest BCUT2D eigenvalue weighted by Crippen LogP contribution is -2.45. The summed E-state index contributed by atoms with van der Waals surface area (Å²) in [4.78, 5) is 24.4. The van der Waals surface area contributed by atoms with Crippen LogP contribution in [0.15, 0.2) is 0 Å². The minimum atomic E-state index is -0.828. The molecule has 2 heterocycles. The van der Waals surface area contributed by atoms with Crippen LogP contribution in [0.4, 0.5) is 4.79 Å². The number of rotatable bonds is 4. The van der Waals surface area contributed by atoms with Crippen LogP contribution in [0.1, 0.15) is 32.1 Å². The monoisotopic (exact) mass is 272 g/mol. The van der Waals surface area contributed by atoms with Gasteiger partial charge in [0.1, 0.15) is 0 Å². The molecule has 2 saturated heterocycles. The Bertz CT molecular complexity index is 318. The van der Waals surface area contributed by atoms with Crippen molar-refractivity contribution in [3.63, 3.8) is 0 Å². The van der Waals surface area contributed by atoms with E-state index in [0.29, 0.717) is 18.3 Å². The number of thioether (sulfide) groups is 1. The van der Waals surface area contributed by atoms with Gasteiger partial charge in [0.05, 0.1) is 6.42 Å². The van der Waals surface area contributed by atoms with Gasteiger partial charge in [-0.2, -0.15) is 11.8 Å². The second kappa shape index (κ2) is 6.31. The van der Waals surface area contributed by atoms with Gasteiger partial charge in [0.15, 0.2) is 0 Å². The van der Waals surface area contributed by atoms with Gasteiger partial charge in [-0.05, 0) is 31.4 Å². The number of nitrogens with one attached hydrogen (secondary N) is 1. The summed E-state index contributed by atoms with van der Waals surface area (Å²) in [6.45, 7) is 1.39. The third kappa shape index (κ3) is 3.54. The molecule has 0 bridgehead atoms. The first kappa shape index (κ1) is 13.5. The lowest BCUT2D eigenvalue weighted by atomic mass is 10.1. The van der Waals surface area contributed by atoms with Crippen molar-refractivity contribution >= 4 is 23.8 Å². The number of carboxylic acid groups (broad SMARTS) is 1. The van der Waals surface area contributed by atoms with Crippen molar-refractivity contribution in [3.05, 3.63) is 0 Å². The molecular weight excluding hydrogens is 252 g/mol. The number of hydrogen-bond acceptors (Lipinski definition) is 3. The summed E-state index contributed by atoms with van der Waals surface area (Å²) in [6.07, 6.45) is 4.17. The second-order valence-corrected chi connectivity index (χ2v) is 6.32. The van der Waals surface area contributed by atoms with E-state index >= 15 is 0 Å². The number of amides is 2. The van der Waals surface area contributed by atoms with E-state index in [9.17, 15) is 9.59 Å². The lowest BCUT2D eigenvalue weighted by molar-refractivity contribution is -0.137. The van der Waals surface area contributed by atoms with Crippen molar-refractivity contribution in [2.45, 2.75) is 43.4 Å².